The molecule has 1 N–H and O–H groups in total. The molecule has 0 radical (unpaired) electrons. The van der Waals surface area contributed by atoms with Gasteiger partial charge in [0, 0.05) is 12.5 Å². The van der Waals surface area contributed by atoms with Gasteiger partial charge >= 0.3 is 0 Å². The van der Waals surface area contributed by atoms with E-state index in [1.807, 2.05) is 19.2 Å². The highest BCUT2D eigenvalue weighted by Gasteiger charge is 2.27. The van der Waals surface area contributed by atoms with E-state index in [0.29, 0.717) is 12.0 Å². The summed E-state index contributed by atoms with van der Waals surface area (Å²) in [7, 11) is 1.96. The molecule has 0 fully saturated rings. The third kappa shape index (κ3) is 3.70. The van der Waals surface area contributed by atoms with Gasteiger partial charge in [-0.05, 0) is 37.9 Å². The van der Waals surface area contributed by atoms with Crippen LogP contribution in [0, 0.1) is 12.8 Å². The number of nitrogens with zero attached hydrogens (tertiary/aromatic N) is 2. The fraction of sp³-hybridized carbons (Fsp3) is 0.529. The molecule has 0 aliphatic rings. The molecule has 1 aromatic carbocycles. The second kappa shape index (κ2) is 6.85. The Hall–Kier alpha value is -1.68. The quantitative estimate of drug-likeness (QED) is 0.885. The van der Waals surface area contributed by atoms with Crippen molar-refractivity contribution in [2.24, 2.45) is 5.92 Å². The molecule has 1 heterocycles. The monoisotopic (exact) mass is 287 g/mol. The zero-order valence-electron chi connectivity index (χ0n) is 13.6. The zero-order chi connectivity index (χ0) is 15.4. The van der Waals surface area contributed by atoms with E-state index in [1.165, 1.54) is 11.1 Å². The van der Waals surface area contributed by atoms with Crippen molar-refractivity contribution in [3.8, 4) is 0 Å². The van der Waals surface area contributed by atoms with Crippen LogP contribution in [0.3, 0.4) is 0 Å². The van der Waals surface area contributed by atoms with Crippen molar-refractivity contribution in [2.75, 3.05) is 7.05 Å². The first-order valence-electron chi connectivity index (χ1n) is 7.57. The summed E-state index contributed by atoms with van der Waals surface area (Å²) in [5.41, 5.74) is 2.50. The predicted molar refractivity (Wildman–Crippen MR) is 84.4 cm³/mol. The minimum absolute atomic E-state index is 0.230. The molecule has 2 atom stereocenters. The van der Waals surface area contributed by atoms with Crippen molar-refractivity contribution in [1.82, 2.24) is 15.5 Å². The smallest absolute Gasteiger partial charge is 0.231 e. The minimum atomic E-state index is 0.230. The number of rotatable bonds is 6. The third-order valence-electron chi connectivity index (χ3n) is 4.09. The molecule has 0 bridgehead atoms. The summed E-state index contributed by atoms with van der Waals surface area (Å²) in [6.45, 7) is 8.62. The summed E-state index contributed by atoms with van der Waals surface area (Å²) in [5, 5.41) is 7.44. The van der Waals surface area contributed by atoms with Gasteiger partial charge in [0.15, 0.2) is 5.82 Å². The molecule has 4 heteroatoms. The first kappa shape index (κ1) is 15.7. The predicted octanol–water partition coefficient (Wildman–Crippen LogP) is 3.32. The van der Waals surface area contributed by atoms with Gasteiger partial charge in [0.25, 0.3) is 0 Å². The Kier molecular flexibility index (Phi) is 5.12. The lowest BCUT2D eigenvalue weighted by atomic mass is 9.89. The number of nitrogens with one attached hydrogen (secondary N) is 1. The van der Waals surface area contributed by atoms with E-state index in [2.05, 4.69) is 55.3 Å². The second-order valence-electron chi connectivity index (χ2n) is 6.00. The Morgan fingerprint density at radius 1 is 1.19 bits per heavy atom. The van der Waals surface area contributed by atoms with Crippen LogP contribution in [0.2, 0.25) is 0 Å². The summed E-state index contributed by atoms with van der Waals surface area (Å²) < 4.78 is 5.52. The maximum atomic E-state index is 5.52. The molecule has 0 spiro atoms. The SMILES string of the molecule is CNC(C)C(c1nc(Cc2ccccc2C)no1)C(C)C. The fourth-order valence-electron chi connectivity index (χ4n) is 2.71. The largest absolute Gasteiger partial charge is 0.339 e. The van der Waals surface area contributed by atoms with Crippen LogP contribution < -0.4 is 5.32 Å². The van der Waals surface area contributed by atoms with Gasteiger partial charge in [0.1, 0.15) is 0 Å². The standard InChI is InChI=1S/C17H25N3O/c1-11(2)16(13(4)18-5)17-19-15(20-21-17)10-14-9-7-6-8-12(14)3/h6-9,11,13,16,18H,10H2,1-5H3. The fourth-order valence-corrected chi connectivity index (χ4v) is 2.71. The molecule has 4 nitrogen and oxygen atoms in total. The van der Waals surface area contributed by atoms with Crippen molar-refractivity contribution < 1.29 is 4.52 Å². The van der Waals surface area contributed by atoms with Crippen LogP contribution in [0.15, 0.2) is 28.8 Å². The molecule has 114 valence electrons. The molecule has 1 aromatic heterocycles. The zero-order valence-corrected chi connectivity index (χ0v) is 13.6. The average molecular weight is 287 g/mol. The van der Waals surface area contributed by atoms with Gasteiger partial charge in [-0.2, -0.15) is 4.98 Å². The van der Waals surface area contributed by atoms with E-state index < -0.39 is 0 Å². The van der Waals surface area contributed by atoms with Crippen LogP contribution in [-0.4, -0.2) is 23.2 Å². The van der Waals surface area contributed by atoms with Crippen LogP contribution in [0.25, 0.3) is 0 Å². The van der Waals surface area contributed by atoms with Gasteiger partial charge in [-0.1, -0.05) is 43.3 Å². The molecular formula is C17H25N3O. The summed E-state index contributed by atoms with van der Waals surface area (Å²) in [6, 6.07) is 8.61. The van der Waals surface area contributed by atoms with Crippen molar-refractivity contribution in [2.45, 2.75) is 46.1 Å². The second-order valence-corrected chi connectivity index (χ2v) is 6.00. The average Bonchev–Trinajstić information content (AvgIpc) is 2.89. The summed E-state index contributed by atoms with van der Waals surface area (Å²) in [4.78, 5) is 4.62. The molecule has 2 aromatic rings. The van der Waals surface area contributed by atoms with Gasteiger partial charge in [0.05, 0.1) is 5.92 Å². The number of aryl methyl sites for hydroxylation is 1. The minimum Gasteiger partial charge on any atom is -0.339 e. The molecule has 0 aliphatic heterocycles. The lowest BCUT2D eigenvalue weighted by molar-refractivity contribution is 0.285. The summed E-state index contributed by atoms with van der Waals surface area (Å²) in [6.07, 6.45) is 0.717. The number of aromatic nitrogens is 2. The molecule has 0 saturated heterocycles. The van der Waals surface area contributed by atoms with Crippen LogP contribution in [0.5, 0.6) is 0 Å². The van der Waals surface area contributed by atoms with Crippen molar-refractivity contribution in [1.29, 1.82) is 0 Å². The van der Waals surface area contributed by atoms with E-state index in [9.17, 15) is 0 Å². The first-order valence-corrected chi connectivity index (χ1v) is 7.57. The maximum absolute atomic E-state index is 5.52. The van der Waals surface area contributed by atoms with Crippen LogP contribution in [-0.2, 0) is 6.42 Å². The summed E-state index contributed by atoms with van der Waals surface area (Å²) >= 11 is 0. The lowest BCUT2D eigenvalue weighted by Gasteiger charge is -2.23. The van der Waals surface area contributed by atoms with Gasteiger partial charge in [-0.3, -0.25) is 0 Å². The Morgan fingerprint density at radius 3 is 2.52 bits per heavy atom. The highest BCUT2D eigenvalue weighted by atomic mass is 16.5. The highest BCUT2D eigenvalue weighted by Crippen LogP contribution is 2.27. The molecule has 2 unspecified atom stereocenters. The van der Waals surface area contributed by atoms with E-state index in [4.69, 9.17) is 4.52 Å². The first-order chi connectivity index (χ1) is 10.0. The Labute approximate surface area is 127 Å². The topological polar surface area (TPSA) is 51.0 Å². The molecule has 21 heavy (non-hydrogen) atoms. The molecular weight excluding hydrogens is 262 g/mol. The third-order valence-corrected chi connectivity index (χ3v) is 4.09. The van der Waals surface area contributed by atoms with Gasteiger partial charge in [0.2, 0.25) is 5.89 Å². The molecule has 0 amide bonds. The van der Waals surface area contributed by atoms with E-state index in [0.717, 1.165) is 18.1 Å². The van der Waals surface area contributed by atoms with Crippen LogP contribution in [0.4, 0.5) is 0 Å². The van der Waals surface area contributed by atoms with Crippen LogP contribution >= 0.6 is 0 Å². The molecule has 0 aliphatic carbocycles. The van der Waals surface area contributed by atoms with Crippen molar-refractivity contribution in [3.63, 3.8) is 0 Å². The van der Waals surface area contributed by atoms with Crippen molar-refractivity contribution >= 4 is 0 Å². The number of benzene rings is 1. The summed E-state index contributed by atoms with van der Waals surface area (Å²) in [5.74, 6) is 2.16. The number of likely N-dealkylation sites (N-methyl/N-ethyl adjacent to an activating group) is 1. The van der Waals surface area contributed by atoms with Gasteiger partial charge in [-0.25, -0.2) is 0 Å². The highest BCUT2D eigenvalue weighted by molar-refractivity contribution is 5.28. The normalized spacial score (nSPS) is 14.4. The number of hydrogen-bond acceptors (Lipinski definition) is 4. The van der Waals surface area contributed by atoms with E-state index >= 15 is 0 Å². The van der Waals surface area contributed by atoms with Gasteiger partial charge < -0.3 is 9.84 Å². The Balaban J connectivity index is 2.19. The Bertz CT molecular complexity index is 577. The number of hydrogen-bond donors (Lipinski definition) is 1. The molecule has 2 rings (SSSR count). The van der Waals surface area contributed by atoms with Crippen molar-refractivity contribution in [3.05, 3.63) is 47.1 Å². The lowest BCUT2D eigenvalue weighted by Crippen LogP contribution is -2.32. The molecule has 0 saturated carbocycles. The maximum Gasteiger partial charge on any atom is 0.231 e. The van der Waals surface area contributed by atoms with Gasteiger partial charge in [-0.15, -0.1) is 0 Å². The van der Waals surface area contributed by atoms with E-state index in [1.54, 1.807) is 0 Å². The van der Waals surface area contributed by atoms with Crippen LogP contribution in [0.1, 0.15) is 49.5 Å². The Morgan fingerprint density at radius 2 is 1.90 bits per heavy atom. The van der Waals surface area contributed by atoms with E-state index in [-0.39, 0.29) is 5.92 Å².